The highest BCUT2D eigenvalue weighted by atomic mass is 19.4. The molecule has 0 unspecified atom stereocenters. The van der Waals surface area contributed by atoms with Crippen molar-refractivity contribution in [3.63, 3.8) is 0 Å². The molecular weight excluding hydrogens is 476 g/mol. The number of hydrogen-bond acceptors (Lipinski definition) is 6. The van der Waals surface area contributed by atoms with E-state index in [-0.39, 0.29) is 48.8 Å². The van der Waals surface area contributed by atoms with Crippen molar-refractivity contribution < 1.29 is 46.1 Å². The van der Waals surface area contributed by atoms with Crippen LogP contribution in [0.15, 0.2) is 12.3 Å². The van der Waals surface area contributed by atoms with Crippen LogP contribution in [0.2, 0.25) is 0 Å². The normalized spacial score (nSPS) is 21.9. The van der Waals surface area contributed by atoms with E-state index in [0.717, 1.165) is 6.07 Å². The van der Waals surface area contributed by atoms with Gasteiger partial charge in [-0.15, -0.1) is 0 Å². The number of carboxylic acid groups (broad SMARTS) is 1. The number of alkyl halides is 6. The Hall–Kier alpha value is -3.36. The Morgan fingerprint density at radius 1 is 1.15 bits per heavy atom. The third kappa shape index (κ3) is 4.15. The number of pyridine rings is 1. The van der Waals surface area contributed by atoms with Gasteiger partial charge in [0, 0.05) is 30.8 Å². The molecule has 1 saturated heterocycles. The molecule has 2 atom stereocenters. The highest BCUT2D eigenvalue weighted by Gasteiger charge is 2.53. The highest BCUT2D eigenvalue weighted by Crippen LogP contribution is 2.47. The number of anilines is 2. The Bertz CT molecular complexity index is 1120. The lowest BCUT2D eigenvalue weighted by Gasteiger charge is -2.34. The number of aromatic nitrogens is 3. The number of halogens is 6. The van der Waals surface area contributed by atoms with E-state index in [1.807, 2.05) is 0 Å². The maximum absolute atomic E-state index is 13.6. The number of carbonyl (C=O) groups is 2. The zero-order valence-corrected chi connectivity index (χ0v) is 17.0. The van der Waals surface area contributed by atoms with Gasteiger partial charge in [-0.05, 0) is 18.9 Å². The molecule has 0 saturated carbocycles. The average Bonchev–Trinajstić information content (AvgIpc) is 3.15. The summed E-state index contributed by atoms with van der Waals surface area (Å²) < 4.78 is 80.1. The fourth-order valence-corrected chi connectivity index (χ4v) is 4.34. The highest BCUT2D eigenvalue weighted by molar-refractivity contribution is 5.97. The van der Waals surface area contributed by atoms with Gasteiger partial charge in [-0.3, -0.25) is 9.89 Å². The van der Waals surface area contributed by atoms with Crippen LogP contribution in [0.3, 0.4) is 0 Å². The molecule has 4 heterocycles. The minimum atomic E-state index is -4.91. The second-order valence-corrected chi connectivity index (χ2v) is 8.00. The molecule has 2 aromatic heterocycles. The van der Waals surface area contributed by atoms with E-state index in [1.54, 1.807) is 0 Å². The van der Waals surface area contributed by atoms with Gasteiger partial charge in [0.25, 0.3) is 5.91 Å². The van der Waals surface area contributed by atoms with Crippen LogP contribution >= 0.6 is 0 Å². The van der Waals surface area contributed by atoms with E-state index in [0.29, 0.717) is 6.20 Å². The minimum Gasteiger partial charge on any atom is -0.478 e. The smallest absolute Gasteiger partial charge is 0.418 e. The Morgan fingerprint density at radius 3 is 2.35 bits per heavy atom. The topological polar surface area (TPSA) is 131 Å². The van der Waals surface area contributed by atoms with Gasteiger partial charge in [0.05, 0.1) is 16.8 Å². The number of aliphatic hydroxyl groups is 1. The number of hydrogen-bond donors (Lipinski definition) is 4. The maximum Gasteiger partial charge on any atom is 0.418 e. The molecule has 1 fully saturated rings. The first-order valence-electron chi connectivity index (χ1n) is 9.98. The van der Waals surface area contributed by atoms with Gasteiger partial charge >= 0.3 is 18.3 Å². The molecule has 2 aliphatic heterocycles. The number of carbonyl (C=O) groups excluding carboxylic acids is 1. The second kappa shape index (κ2) is 8.14. The largest absolute Gasteiger partial charge is 0.478 e. The lowest BCUT2D eigenvalue weighted by atomic mass is 9.83. The summed E-state index contributed by atoms with van der Waals surface area (Å²) in [6, 6.07) is 0.813. The third-order valence-electron chi connectivity index (χ3n) is 5.96. The number of aromatic amines is 1. The maximum atomic E-state index is 13.6. The van der Waals surface area contributed by atoms with Crippen LogP contribution in [0.25, 0.3) is 0 Å². The van der Waals surface area contributed by atoms with Gasteiger partial charge in [0.1, 0.15) is 23.7 Å². The molecule has 0 spiro atoms. The van der Waals surface area contributed by atoms with Crippen LogP contribution in [0, 0.1) is 0 Å². The fourth-order valence-electron chi connectivity index (χ4n) is 4.34. The number of aromatic carboxylic acids is 1. The Morgan fingerprint density at radius 2 is 1.79 bits per heavy atom. The third-order valence-corrected chi connectivity index (χ3v) is 5.96. The van der Waals surface area contributed by atoms with E-state index < -0.39 is 53.3 Å². The summed E-state index contributed by atoms with van der Waals surface area (Å²) in [5.41, 5.74) is -2.67. The summed E-state index contributed by atoms with van der Waals surface area (Å²) in [5, 5.41) is 27.5. The van der Waals surface area contributed by atoms with Crippen LogP contribution in [0.4, 0.5) is 38.0 Å². The molecule has 9 nitrogen and oxygen atoms in total. The first-order chi connectivity index (χ1) is 15.8. The molecule has 2 aliphatic rings. The van der Waals surface area contributed by atoms with Gasteiger partial charge in [-0.25, -0.2) is 9.78 Å². The van der Waals surface area contributed by atoms with Crippen LogP contribution in [-0.2, 0) is 11.0 Å². The van der Waals surface area contributed by atoms with Crippen molar-refractivity contribution >= 4 is 23.5 Å². The number of carboxylic acids is 1. The molecule has 184 valence electrons. The predicted octanol–water partition coefficient (Wildman–Crippen LogP) is 2.86. The van der Waals surface area contributed by atoms with Crippen molar-refractivity contribution in [3.05, 3.63) is 34.6 Å². The average molecular weight is 493 g/mol. The molecular formula is C19H17F6N5O4. The molecule has 0 aromatic carbocycles. The zero-order chi connectivity index (χ0) is 25.0. The number of aliphatic hydroxyl groups excluding tert-OH is 1. The van der Waals surface area contributed by atoms with Crippen molar-refractivity contribution in [1.82, 2.24) is 15.2 Å². The Labute approximate surface area is 186 Å². The van der Waals surface area contributed by atoms with Gasteiger partial charge in [0.2, 0.25) is 0 Å². The first-order valence-corrected chi connectivity index (χ1v) is 9.98. The summed E-state index contributed by atoms with van der Waals surface area (Å²) in [4.78, 5) is 28.3. The summed E-state index contributed by atoms with van der Waals surface area (Å²) in [6.07, 6.45) is -11.3. The number of nitrogens with one attached hydrogen (secondary N) is 2. The molecule has 0 aliphatic carbocycles. The number of H-pyrrole nitrogens is 1. The fraction of sp³-hybridized carbons (Fsp3) is 0.474. The molecule has 4 rings (SSSR count). The molecule has 0 bridgehead atoms. The van der Waals surface area contributed by atoms with Crippen molar-refractivity contribution in [3.8, 4) is 0 Å². The quantitative estimate of drug-likeness (QED) is 0.484. The summed E-state index contributed by atoms with van der Waals surface area (Å²) >= 11 is 0. The zero-order valence-electron chi connectivity index (χ0n) is 17.0. The van der Waals surface area contributed by atoms with Gasteiger partial charge in [-0.1, -0.05) is 0 Å². The van der Waals surface area contributed by atoms with Crippen LogP contribution in [0.5, 0.6) is 0 Å². The second-order valence-electron chi connectivity index (χ2n) is 8.00. The van der Waals surface area contributed by atoms with Gasteiger partial charge in [-0.2, -0.15) is 31.4 Å². The lowest BCUT2D eigenvalue weighted by Crippen LogP contribution is -2.44. The molecule has 15 heteroatoms. The van der Waals surface area contributed by atoms with Gasteiger partial charge in [0.15, 0.2) is 0 Å². The number of rotatable bonds is 3. The van der Waals surface area contributed by atoms with Crippen molar-refractivity contribution in [1.29, 1.82) is 0 Å². The minimum absolute atomic E-state index is 0.0104. The Kier molecular flexibility index (Phi) is 5.70. The van der Waals surface area contributed by atoms with E-state index in [9.17, 15) is 41.0 Å². The van der Waals surface area contributed by atoms with Gasteiger partial charge < -0.3 is 20.4 Å². The lowest BCUT2D eigenvalue weighted by molar-refractivity contribution is -0.177. The SMILES string of the molecule is O=C(O)c1cc(N2CCC(c3n[nH]c4c3[C@@H](C(F)(F)F)[C@@H](O)C(=O)N4)CC2)ncc1C(F)(F)F. The Balaban J connectivity index is 1.57. The summed E-state index contributed by atoms with van der Waals surface area (Å²) in [6.45, 7) is 0.296. The van der Waals surface area contributed by atoms with Crippen molar-refractivity contribution in [2.45, 2.75) is 43.1 Å². The molecule has 1 amide bonds. The first kappa shape index (κ1) is 23.8. The van der Waals surface area contributed by atoms with E-state index in [1.165, 1.54) is 4.90 Å². The van der Waals surface area contributed by atoms with E-state index in [4.69, 9.17) is 5.11 Å². The van der Waals surface area contributed by atoms with Crippen LogP contribution in [0.1, 0.15) is 51.9 Å². The van der Waals surface area contributed by atoms with Crippen LogP contribution < -0.4 is 10.2 Å². The summed E-state index contributed by atoms with van der Waals surface area (Å²) in [7, 11) is 0. The number of amides is 1. The van der Waals surface area contributed by atoms with E-state index in [2.05, 4.69) is 20.5 Å². The molecule has 2 aromatic rings. The van der Waals surface area contributed by atoms with E-state index >= 15 is 0 Å². The number of piperidine rings is 1. The molecule has 34 heavy (non-hydrogen) atoms. The van der Waals surface area contributed by atoms with Crippen molar-refractivity contribution in [2.75, 3.05) is 23.3 Å². The number of fused-ring (bicyclic) bond motifs is 1. The summed E-state index contributed by atoms with van der Waals surface area (Å²) in [5.74, 6) is -6.21. The molecule has 4 N–H and O–H groups in total. The monoisotopic (exact) mass is 493 g/mol. The van der Waals surface area contributed by atoms with Crippen molar-refractivity contribution in [2.24, 2.45) is 0 Å². The molecule has 0 radical (unpaired) electrons. The predicted molar refractivity (Wildman–Crippen MR) is 102 cm³/mol. The number of nitrogens with zero attached hydrogens (tertiary/aromatic N) is 3. The van der Waals surface area contributed by atoms with Crippen LogP contribution in [-0.4, -0.2) is 62.6 Å². The standard InChI is InChI=1S/C19H17F6N5O4/c20-18(21,22)9-6-26-10(5-8(9)17(33)34)30-3-1-7(2-4-30)13-11-12(19(23,24)25)14(31)16(32)27-15(11)29-28-13/h5-7,12,14,31H,1-4H2,(H,33,34)(H2,27,28,29,32)/t12-,14-/m1/s1.